The molecule has 1 aliphatic rings. The largest absolute Gasteiger partial charge is 0.361 e. The molecule has 3 nitrogen and oxygen atoms in total. The topological polar surface area (TPSA) is 38.1 Å². The summed E-state index contributed by atoms with van der Waals surface area (Å²) in [4.78, 5) is 0. The second-order valence-electron chi connectivity index (χ2n) is 4.32. The lowest BCUT2D eigenvalue weighted by molar-refractivity contribution is 0.364. The number of nitrogens with zero attached hydrogens (tertiary/aromatic N) is 1. The molecule has 0 saturated carbocycles. The molecular formula is C12H21ClN2O. The van der Waals surface area contributed by atoms with Crippen LogP contribution in [0.1, 0.15) is 56.5 Å². The molecule has 2 heterocycles. The summed E-state index contributed by atoms with van der Waals surface area (Å²) in [5.74, 6) is 1.03. The average Bonchev–Trinajstić information content (AvgIpc) is 2.53. The van der Waals surface area contributed by atoms with Gasteiger partial charge in [-0.05, 0) is 25.8 Å². The number of hydrogen-bond acceptors (Lipinski definition) is 3. The van der Waals surface area contributed by atoms with Gasteiger partial charge in [-0.3, -0.25) is 0 Å². The van der Waals surface area contributed by atoms with E-state index in [0.29, 0.717) is 6.04 Å². The van der Waals surface area contributed by atoms with Gasteiger partial charge in [-0.25, -0.2) is 0 Å². The van der Waals surface area contributed by atoms with Crippen molar-refractivity contribution in [1.82, 2.24) is 10.5 Å². The first-order valence-electron chi connectivity index (χ1n) is 6.09. The van der Waals surface area contributed by atoms with E-state index < -0.39 is 0 Å². The number of hydrogen-bond donors (Lipinski definition) is 1. The van der Waals surface area contributed by atoms with E-state index in [0.717, 1.165) is 30.8 Å². The van der Waals surface area contributed by atoms with Crippen LogP contribution in [0, 0.1) is 0 Å². The molecule has 0 aliphatic carbocycles. The second kappa shape index (κ2) is 6.92. The van der Waals surface area contributed by atoms with Crippen molar-refractivity contribution in [3.8, 4) is 0 Å². The van der Waals surface area contributed by atoms with Gasteiger partial charge in [0.2, 0.25) is 0 Å². The Bertz CT molecular complexity index is 293. The fraction of sp³-hybridized carbons (Fsp3) is 0.750. The lowest BCUT2D eigenvalue weighted by atomic mass is 10.1. The maximum absolute atomic E-state index is 5.31. The number of aromatic nitrogens is 1. The molecule has 0 amide bonds. The van der Waals surface area contributed by atoms with Crippen LogP contribution in [0.4, 0.5) is 0 Å². The first-order chi connectivity index (χ1) is 7.40. The summed E-state index contributed by atoms with van der Waals surface area (Å²) in [6.45, 7) is 3.27. The molecule has 1 aliphatic heterocycles. The standard InChI is InChI=1S/C12H20N2O.ClH/c1-2-6-10-9-12(14-15-10)11-7-4-3-5-8-13-11;/h9,11,13H,2-8H2,1H3;1H. The van der Waals surface area contributed by atoms with Crippen LogP contribution in [0.2, 0.25) is 0 Å². The van der Waals surface area contributed by atoms with Gasteiger partial charge in [0.15, 0.2) is 0 Å². The SMILES string of the molecule is CCCc1cc(C2CCCCCN2)no1.Cl. The van der Waals surface area contributed by atoms with E-state index in [-0.39, 0.29) is 12.4 Å². The zero-order valence-electron chi connectivity index (χ0n) is 9.87. The molecule has 1 aromatic rings. The van der Waals surface area contributed by atoms with Crippen molar-refractivity contribution in [3.05, 3.63) is 17.5 Å². The fourth-order valence-electron chi connectivity index (χ4n) is 2.14. The third kappa shape index (κ3) is 3.49. The summed E-state index contributed by atoms with van der Waals surface area (Å²) >= 11 is 0. The van der Waals surface area contributed by atoms with Crippen molar-refractivity contribution in [2.75, 3.05) is 6.54 Å². The Labute approximate surface area is 103 Å². The molecule has 1 saturated heterocycles. The number of aryl methyl sites for hydroxylation is 1. The van der Waals surface area contributed by atoms with Crippen molar-refractivity contribution in [1.29, 1.82) is 0 Å². The smallest absolute Gasteiger partial charge is 0.137 e. The molecule has 92 valence electrons. The highest BCUT2D eigenvalue weighted by molar-refractivity contribution is 5.85. The van der Waals surface area contributed by atoms with Gasteiger partial charge in [0.05, 0.1) is 6.04 Å². The highest BCUT2D eigenvalue weighted by Gasteiger charge is 2.17. The number of nitrogens with one attached hydrogen (secondary N) is 1. The highest BCUT2D eigenvalue weighted by Crippen LogP contribution is 2.22. The normalized spacial score (nSPS) is 21.2. The summed E-state index contributed by atoms with van der Waals surface area (Å²) in [5.41, 5.74) is 1.10. The Morgan fingerprint density at radius 3 is 3.12 bits per heavy atom. The third-order valence-corrected chi connectivity index (χ3v) is 2.99. The monoisotopic (exact) mass is 244 g/mol. The van der Waals surface area contributed by atoms with E-state index in [1.165, 1.54) is 25.7 Å². The summed E-state index contributed by atoms with van der Waals surface area (Å²) < 4.78 is 5.31. The van der Waals surface area contributed by atoms with Gasteiger partial charge in [0, 0.05) is 12.5 Å². The fourth-order valence-corrected chi connectivity index (χ4v) is 2.14. The van der Waals surface area contributed by atoms with Crippen LogP contribution in [-0.4, -0.2) is 11.7 Å². The molecule has 0 radical (unpaired) electrons. The molecule has 1 atom stereocenters. The molecule has 0 aromatic carbocycles. The van der Waals surface area contributed by atoms with Crippen LogP contribution in [0.5, 0.6) is 0 Å². The van der Waals surface area contributed by atoms with E-state index >= 15 is 0 Å². The summed E-state index contributed by atoms with van der Waals surface area (Å²) in [5, 5.41) is 7.69. The quantitative estimate of drug-likeness (QED) is 0.887. The number of rotatable bonds is 3. The molecule has 2 rings (SSSR count). The van der Waals surface area contributed by atoms with Gasteiger partial charge in [-0.2, -0.15) is 0 Å². The maximum atomic E-state index is 5.31. The van der Waals surface area contributed by atoms with E-state index in [4.69, 9.17) is 4.52 Å². The minimum absolute atomic E-state index is 0. The predicted octanol–water partition coefficient (Wildman–Crippen LogP) is 3.25. The van der Waals surface area contributed by atoms with Gasteiger partial charge in [0.25, 0.3) is 0 Å². The van der Waals surface area contributed by atoms with Crippen molar-refractivity contribution in [2.24, 2.45) is 0 Å². The molecule has 1 fully saturated rings. The Balaban J connectivity index is 0.00000128. The zero-order valence-corrected chi connectivity index (χ0v) is 10.7. The lowest BCUT2D eigenvalue weighted by Gasteiger charge is -2.11. The van der Waals surface area contributed by atoms with Crippen molar-refractivity contribution in [2.45, 2.75) is 51.5 Å². The predicted molar refractivity (Wildman–Crippen MR) is 67.0 cm³/mol. The van der Waals surface area contributed by atoms with Crippen molar-refractivity contribution < 1.29 is 4.52 Å². The molecule has 1 aromatic heterocycles. The first-order valence-corrected chi connectivity index (χ1v) is 6.09. The number of halogens is 1. The highest BCUT2D eigenvalue weighted by atomic mass is 35.5. The minimum atomic E-state index is 0. The van der Waals surface area contributed by atoms with Gasteiger partial charge >= 0.3 is 0 Å². The Hall–Kier alpha value is -0.540. The molecule has 4 heteroatoms. The Morgan fingerprint density at radius 1 is 1.44 bits per heavy atom. The van der Waals surface area contributed by atoms with Gasteiger partial charge in [0.1, 0.15) is 11.5 Å². The van der Waals surface area contributed by atoms with Crippen LogP contribution in [0.3, 0.4) is 0 Å². The van der Waals surface area contributed by atoms with E-state index in [2.05, 4.69) is 23.5 Å². The van der Waals surface area contributed by atoms with Crippen molar-refractivity contribution >= 4 is 12.4 Å². The first kappa shape index (κ1) is 13.5. The third-order valence-electron chi connectivity index (χ3n) is 2.99. The van der Waals surface area contributed by atoms with Gasteiger partial charge in [-0.1, -0.05) is 24.9 Å². The van der Waals surface area contributed by atoms with E-state index in [9.17, 15) is 0 Å². The van der Waals surface area contributed by atoms with Crippen LogP contribution in [0.25, 0.3) is 0 Å². The van der Waals surface area contributed by atoms with Gasteiger partial charge < -0.3 is 9.84 Å². The zero-order chi connectivity index (χ0) is 10.5. The second-order valence-corrected chi connectivity index (χ2v) is 4.32. The average molecular weight is 245 g/mol. The van der Waals surface area contributed by atoms with E-state index in [1.54, 1.807) is 0 Å². The lowest BCUT2D eigenvalue weighted by Crippen LogP contribution is -2.20. The minimum Gasteiger partial charge on any atom is -0.361 e. The molecule has 1 unspecified atom stereocenters. The van der Waals surface area contributed by atoms with E-state index in [1.807, 2.05) is 0 Å². The Morgan fingerprint density at radius 2 is 2.31 bits per heavy atom. The molecule has 0 spiro atoms. The van der Waals surface area contributed by atoms with Crippen LogP contribution >= 0.6 is 12.4 Å². The molecular weight excluding hydrogens is 224 g/mol. The molecule has 1 N–H and O–H groups in total. The van der Waals surface area contributed by atoms with Crippen LogP contribution in [-0.2, 0) is 6.42 Å². The summed E-state index contributed by atoms with van der Waals surface area (Å²) in [7, 11) is 0. The summed E-state index contributed by atoms with van der Waals surface area (Å²) in [6.07, 6.45) is 7.23. The van der Waals surface area contributed by atoms with Crippen molar-refractivity contribution in [3.63, 3.8) is 0 Å². The Kier molecular flexibility index (Phi) is 5.85. The van der Waals surface area contributed by atoms with Gasteiger partial charge in [-0.15, -0.1) is 12.4 Å². The molecule has 16 heavy (non-hydrogen) atoms. The summed E-state index contributed by atoms with van der Waals surface area (Å²) in [6, 6.07) is 2.54. The molecule has 0 bridgehead atoms. The van der Waals surface area contributed by atoms with Crippen LogP contribution in [0.15, 0.2) is 10.6 Å². The van der Waals surface area contributed by atoms with Crippen LogP contribution < -0.4 is 5.32 Å². The maximum Gasteiger partial charge on any atom is 0.137 e.